The molecule has 0 radical (unpaired) electrons. The van der Waals surface area contributed by atoms with Crippen molar-refractivity contribution < 1.29 is 9.47 Å². The average Bonchev–Trinajstić information content (AvgIpc) is 2.78. The minimum Gasteiger partial charge on any atom is -0.370 e. The summed E-state index contributed by atoms with van der Waals surface area (Å²) in [5.74, 6) is 0.513. The highest BCUT2D eigenvalue weighted by Crippen LogP contribution is 2.58. The van der Waals surface area contributed by atoms with Crippen molar-refractivity contribution in [1.29, 1.82) is 0 Å². The van der Waals surface area contributed by atoms with Crippen molar-refractivity contribution in [2.75, 3.05) is 0 Å². The van der Waals surface area contributed by atoms with Gasteiger partial charge in [-0.15, -0.1) is 6.58 Å². The number of ether oxygens (including phenoxy) is 2. The van der Waals surface area contributed by atoms with Gasteiger partial charge in [-0.3, -0.25) is 0 Å². The van der Waals surface area contributed by atoms with Crippen LogP contribution in [0.4, 0.5) is 0 Å². The normalized spacial score (nSPS) is 38.8. The smallest absolute Gasteiger partial charge is 0.118 e. The van der Waals surface area contributed by atoms with Gasteiger partial charge < -0.3 is 9.47 Å². The Bertz CT molecular complexity index is 414. The zero-order valence-electron chi connectivity index (χ0n) is 10.1. The van der Waals surface area contributed by atoms with Gasteiger partial charge in [0.15, 0.2) is 0 Å². The molecule has 4 atom stereocenters. The van der Waals surface area contributed by atoms with Crippen LogP contribution in [-0.4, -0.2) is 17.8 Å². The van der Waals surface area contributed by atoms with Gasteiger partial charge in [0, 0.05) is 5.92 Å². The van der Waals surface area contributed by atoms with E-state index in [4.69, 9.17) is 9.47 Å². The van der Waals surface area contributed by atoms with Crippen LogP contribution in [0.5, 0.6) is 0 Å². The monoisotopic (exact) mass is 230 g/mol. The van der Waals surface area contributed by atoms with E-state index in [2.05, 4.69) is 25.6 Å². The van der Waals surface area contributed by atoms with Gasteiger partial charge in [-0.05, 0) is 18.9 Å². The minimum atomic E-state index is -0.186. The van der Waals surface area contributed by atoms with Crippen LogP contribution in [0, 0.1) is 5.92 Å². The van der Waals surface area contributed by atoms with Gasteiger partial charge in [0.1, 0.15) is 5.60 Å². The van der Waals surface area contributed by atoms with Gasteiger partial charge in [0.25, 0.3) is 0 Å². The lowest BCUT2D eigenvalue weighted by Crippen LogP contribution is -2.21. The fraction of sp³-hybridized carbons (Fsp3) is 0.467. The van der Waals surface area contributed by atoms with Gasteiger partial charge in [0.2, 0.25) is 0 Å². The molecule has 3 rings (SSSR count). The molecular weight excluding hydrogens is 212 g/mol. The van der Waals surface area contributed by atoms with Gasteiger partial charge in [-0.2, -0.15) is 0 Å². The van der Waals surface area contributed by atoms with Crippen LogP contribution in [-0.2, 0) is 16.1 Å². The zero-order chi connectivity index (χ0) is 11.9. The summed E-state index contributed by atoms with van der Waals surface area (Å²) in [6, 6.07) is 10.3. The van der Waals surface area contributed by atoms with Crippen LogP contribution in [0.3, 0.4) is 0 Å². The van der Waals surface area contributed by atoms with Crippen molar-refractivity contribution in [3.8, 4) is 0 Å². The molecule has 1 aromatic carbocycles. The first-order valence-corrected chi connectivity index (χ1v) is 6.23. The van der Waals surface area contributed by atoms with Crippen molar-refractivity contribution in [3.63, 3.8) is 0 Å². The molecule has 2 heteroatoms. The second-order valence-corrected chi connectivity index (χ2v) is 5.05. The predicted molar refractivity (Wildman–Crippen MR) is 66.6 cm³/mol. The molecule has 1 heterocycles. The number of rotatable bonds is 4. The topological polar surface area (TPSA) is 18.5 Å². The molecule has 1 aromatic rings. The molecule has 1 saturated carbocycles. The number of hydrogen-bond donors (Lipinski definition) is 0. The van der Waals surface area contributed by atoms with Crippen molar-refractivity contribution >= 4 is 0 Å². The molecule has 0 N–H and O–H groups in total. The molecule has 1 saturated heterocycles. The minimum absolute atomic E-state index is 0.186. The van der Waals surface area contributed by atoms with E-state index in [9.17, 15) is 0 Å². The summed E-state index contributed by atoms with van der Waals surface area (Å²) in [7, 11) is 0. The maximum absolute atomic E-state index is 5.95. The number of benzene rings is 1. The SMILES string of the molecule is C=C[C@]12OC(C)CC1C2OCc1ccccc1. The molecule has 2 aliphatic rings. The number of fused-ring (bicyclic) bond motifs is 1. The molecule has 0 spiro atoms. The third-order valence-corrected chi connectivity index (χ3v) is 3.86. The summed E-state index contributed by atoms with van der Waals surface area (Å²) in [6.45, 7) is 6.67. The van der Waals surface area contributed by atoms with E-state index in [1.165, 1.54) is 5.56 Å². The highest BCUT2D eigenvalue weighted by atomic mass is 16.6. The molecular formula is C15H18O2. The third kappa shape index (κ3) is 1.72. The first kappa shape index (κ1) is 11.0. The molecule has 1 aliphatic heterocycles. The lowest BCUT2D eigenvalue weighted by Gasteiger charge is -2.16. The Labute approximate surface area is 102 Å². The Kier molecular flexibility index (Phi) is 2.57. The summed E-state index contributed by atoms with van der Waals surface area (Å²) >= 11 is 0. The van der Waals surface area contributed by atoms with Crippen LogP contribution in [0.2, 0.25) is 0 Å². The van der Waals surface area contributed by atoms with Crippen molar-refractivity contribution in [3.05, 3.63) is 48.6 Å². The van der Waals surface area contributed by atoms with E-state index in [1.54, 1.807) is 0 Å². The highest BCUT2D eigenvalue weighted by molar-refractivity contribution is 5.28. The summed E-state index contributed by atoms with van der Waals surface area (Å²) in [5.41, 5.74) is 1.03. The quantitative estimate of drug-likeness (QED) is 0.740. The molecule has 1 aliphatic carbocycles. The number of hydrogen-bond acceptors (Lipinski definition) is 2. The molecule has 3 unspecified atom stereocenters. The van der Waals surface area contributed by atoms with Crippen LogP contribution in [0.25, 0.3) is 0 Å². The molecule has 0 aromatic heterocycles. The van der Waals surface area contributed by atoms with E-state index < -0.39 is 0 Å². The van der Waals surface area contributed by atoms with E-state index in [1.807, 2.05) is 24.3 Å². The largest absolute Gasteiger partial charge is 0.370 e. The van der Waals surface area contributed by atoms with E-state index >= 15 is 0 Å². The second kappa shape index (κ2) is 3.97. The van der Waals surface area contributed by atoms with Crippen LogP contribution in [0.1, 0.15) is 18.9 Å². The van der Waals surface area contributed by atoms with E-state index in [0.29, 0.717) is 18.6 Å². The second-order valence-electron chi connectivity index (χ2n) is 5.05. The zero-order valence-corrected chi connectivity index (χ0v) is 10.1. The van der Waals surface area contributed by atoms with Gasteiger partial charge in [-0.1, -0.05) is 36.4 Å². The van der Waals surface area contributed by atoms with Gasteiger partial charge in [-0.25, -0.2) is 0 Å². The maximum Gasteiger partial charge on any atom is 0.118 e. The maximum atomic E-state index is 5.95. The Morgan fingerprint density at radius 1 is 1.47 bits per heavy atom. The summed E-state index contributed by atoms with van der Waals surface area (Å²) in [6.07, 6.45) is 3.56. The lowest BCUT2D eigenvalue weighted by molar-refractivity contribution is -0.0288. The fourth-order valence-electron chi connectivity index (χ4n) is 2.96. The lowest BCUT2D eigenvalue weighted by atomic mass is 10.2. The summed E-state index contributed by atoms with van der Waals surface area (Å²) in [5, 5.41) is 0. The predicted octanol–water partition coefficient (Wildman–Crippen LogP) is 2.94. The van der Waals surface area contributed by atoms with E-state index in [-0.39, 0.29) is 11.7 Å². The van der Waals surface area contributed by atoms with Gasteiger partial charge >= 0.3 is 0 Å². The van der Waals surface area contributed by atoms with E-state index in [0.717, 1.165) is 6.42 Å². The first-order valence-electron chi connectivity index (χ1n) is 6.23. The Morgan fingerprint density at radius 2 is 2.24 bits per heavy atom. The van der Waals surface area contributed by atoms with Crippen molar-refractivity contribution in [2.45, 2.75) is 37.8 Å². The average molecular weight is 230 g/mol. The fourth-order valence-corrected chi connectivity index (χ4v) is 2.96. The Hall–Kier alpha value is -1.12. The summed E-state index contributed by atoms with van der Waals surface area (Å²) < 4.78 is 11.9. The summed E-state index contributed by atoms with van der Waals surface area (Å²) in [4.78, 5) is 0. The third-order valence-electron chi connectivity index (χ3n) is 3.86. The highest BCUT2D eigenvalue weighted by Gasteiger charge is 2.69. The molecule has 2 fully saturated rings. The Balaban J connectivity index is 1.60. The van der Waals surface area contributed by atoms with Crippen LogP contribution >= 0.6 is 0 Å². The first-order chi connectivity index (χ1) is 8.26. The molecule has 17 heavy (non-hydrogen) atoms. The molecule has 0 amide bonds. The van der Waals surface area contributed by atoms with Crippen molar-refractivity contribution in [1.82, 2.24) is 0 Å². The molecule has 2 nitrogen and oxygen atoms in total. The van der Waals surface area contributed by atoms with Crippen LogP contribution in [0.15, 0.2) is 43.0 Å². The molecule has 0 bridgehead atoms. The standard InChI is InChI=1S/C15H18O2/c1-3-15-13(9-11(2)17-15)14(15)16-10-12-7-5-4-6-8-12/h3-8,11,13-14H,1,9-10H2,2H3/t11?,13?,14?,15-/m0/s1. The molecule has 90 valence electrons. The Morgan fingerprint density at radius 3 is 2.88 bits per heavy atom. The van der Waals surface area contributed by atoms with Gasteiger partial charge in [0.05, 0.1) is 18.8 Å². The van der Waals surface area contributed by atoms with Crippen LogP contribution < -0.4 is 0 Å². The van der Waals surface area contributed by atoms with Crippen molar-refractivity contribution in [2.24, 2.45) is 5.92 Å².